The van der Waals surface area contributed by atoms with Crippen LogP contribution in [-0.2, 0) is 0 Å². The van der Waals surface area contributed by atoms with E-state index in [-0.39, 0.29) is 17.8 Å². The first kappa shape index (κ1) is 17.3. The molecule has 1 heterocycles. The lowest BCUT2D eigenvalue weighted by Gasteiger charge is -2.13. The normalized spacial score (nSPS) is 13.4. The van der Waals surface area contributed by atoms with E-state index in [1.165, 1.54) is 6.07 Å². The van der Waals surface area contributed by atoms with E-state index in [4.69, 9.17) is 4.74 Å². The number of aromatic nitrogens is 1. The van der Waals surface area contributed by atoms with Gasteiger partial charge in [0.1, 0.15) is 11.6 Å². The van der Waals surface area contributed by atoms with Gasteiger partial charge in [-0.3, -0.25) is 4.79 Å². The minimum atomic E-state index is -0.333. The summed E-state index contributed by atoms with van der Waals surface area (Å²) in [6.45, 7) is 1.85. The lowest BCUT2D eigenvalue weighted by molar-refractivity contribution is 0.0950. The second kappa shape index (κ2) is 6.91. The summed E-state index contributed by atoms with van der Waals surface area (Å²) >= 11 is 0. The summed E-state index contributed by atoms with van der Waals surface area (Å²) in [7, 11) is 1.61. The van der Waals surface area contributed by atoms with Crippen LogP contribution in [0.3, 0.4) is 0 Å². The van der Waals surface area contributed by atoms with Gasteiger partial charge in [-0.05, 0) is 67.8 Å². The highest BCUT2D eigenvalue weighted by atomic mass is 19.1. The predicted molar refractivity (Wildman–Crippen MR) is 103 cm³/mol. The third kappa shape index (κ3) is 3.33. The van der Waals surface area contributed by atoms with Crippen LogP contribution in [0.15, 0.2) is 54.6 Å². The van der Waals surface area contributed by atoms with Gasteiger partial charge in [0, 0.05) is 11.7 Å². The summed E-state index contributed by atoms with van der Waals surface area (Å²) in [6, 6.07) is 16.2. The number of hydrogen-bond donors (Lipinski definition) is 1. The van der Waals surface area contributed by atoms with Crippen molar-refractivity contribution >= 4 is 5.91 Å². The van der Waals surface area contributed by atoms with E-state index in [1.54, 1.807) is 29.9 Å². The summed E-state index contributed by atoms with van der Waals surface area (Å²) < 4.78 is 21.6. The van der Waals surface area contributed by atoms with E-state index in [9.17, 15) is 9.18 Å². The van der Waals surface area contributed by atoms with Gasteiger partial charge >= 0.3 is 0 Å². The fraction of sp³-hybridized carbons (Fsp3) is 0.227. The van der Waals surface area contributed by atoms with E-state index in [2.05, 4.69) is 5.32 Å². The van der Waals surface area contributed by atoms with Gasteiger partial charge in [-0.2, -0.15) is 0 Å². The Morgan fingerprint density at radius 3 is 2.48 bits per heavy atom. The van der Waals surface area contributed by atoms with Gasteiger partial charge in [0.05, 0.1) is 24.1 Å². The van der Waals surface area contributed by atoms with Crippen molar-refractivity contribution in [1.82, 2.24) is 9.88 Å². The van der Waals surface area contributed by atoms with Crippen molar-refractivity contribution in [2.24, 2.45) is 0 Å². The van der Waals surface area contributed by atoms with Gasteiger partial charge in [-0.15, -0.1) is 0 Å². The number of amides is 1. The van der Waals surface area contributed by atoms with E-state index in [0.717, 1.165) is 29.8 Å². The van der Waals surface area contributed by atoms with Gasteiger partial charge < -0.3 is 14.6 Å². The molecule has 4 nitrogen and oxygen atoms in total. The van der Waals surface area contributed by atoms with Gasteiger partial charge in [-0.1, -0.05) is 12.1 Å². The largest absolute Gasteiger partial charge is 0.497 e. The van der Waals surface area contributed by atoms with E-state index in [1.807, 2.05) is 37.3 Å². The second-order valence-corrected chi connectivity index (χ2v) is 6.79. The maximum absolute atomic E-state index is 14.6. The van der Waals surface area contributed by atoms with Crippen LogP contribution in [0.25, 0.3) is 16.9 Å². The smallest absolute Gasteiger partial charge is 0.253 e. The third-order valence-electron chi connectivity index (χ3n) is 4.88. The van der Waals surface area contributed by atoms with Crippen LogP contribution < -0.4 is 10.1 Å². The van der Waals surface area contributed by atoms with Crippen molar-refractivity contribution in [2.45, 2.75) is 25.8 Å². The Bertz CT molecular complexity index is 988. The highest BCUT2D eigenvalue weighted by Gasteiger charge is 2.27. The second-order valence-electron chi connectivity index (χ2n) is 6.79. The van der Waals surface area contributed by atoms with Gasteiger partial charge in [0.15, 0.2) is 0 Å². The van der Waals surface area contributed by atoms with Crippen molar-refractivity contribution in [3.63, 3.8) is 0 Å². The molecule has 27 heavy (non-hydrogen) atoms. The van der Waals surface area contributed by atoms with Crippen LogP contribution in [0, 0.1) is 12.7 Å². The van der Waals surface area contributed by atoms with Crippen LogP contribution in [0.4, 0.5) is 4.39 Å². The minimum absolute atomic E-state index is 0.111. The topological polar surface area (TPSA) is 43.3 Å². The number of methoxy groups -OCH3 is 1. The SMILES string of the molecule is COc1ccc(-c2cc(C(=O)NC3CC3)c(C)n2-c2ccccc2F)cc1. The molecule has 0 saturated heterocycles. The first-order valence-corrected chi connectivity index (χ1v) is 9.01. The molecule has 1 aromatic heterocycles. The molecule has 1 N–H and O–H groups in total. The molecule has 1 saturated carbocycles. The molecule has 0 radical (unpaired) electrons. The Hall–Kier alpha value is -3.08. The number of carbonyl (C=O) groups is 1. The number of halogens is 1. The monoisotopic (exact) mass is 364 g/mol. The van der Waals surface area contributed by atoms with Crippen molar-refractivity contribution in [3.8, 4) is 22.7 Å². The molecule has 0 aliphatic heterocycles. The molecule has 1 amide bonds. The van der Waals surface area contributed by atoms with Crippen molar-refractivity contribution in [2.75, 3.05) is 7.11 Å². The molecule has 1 aliphatic carbocycles. The summed E-state index contributed by atoms with van der Waals surface area (Å²) in [5.41, 5.74) is 3.35. The number of para-hydroxylation sites is 1. The molecular weight excluding hydrogens is 343 g/mol. The zero-order chi connectivity index (χ0) is 19.0. The van der Waals surface area contributed by atoms with Crippen LogP contribution >= 0.6 is 0 Å². The molecule has 0 bridgehead atoms. The zero-order valence-corrected chi connectivity index (χ0v) is 15.3. The first-order valence-electron chi connectivity index (χ1n) is 9.01. The van der Waals surface area contributed by atoms with E-state index < -0.39 is 0 Å². The molecule has 2 aromatic carbocycles. The minimum Gasteiger partial charge on any atom is -0.497 e. The Kier molecular flexibility index (Phi) is 4.44. The van der Waals surface area contributed by atoms with E-state index in [0.29, 0.717) is 16.9 Å². The highest BCUT2D eigenvalue weighted by molar-refractivity contribution is 5.97. The quantitative estimate of drug-likeness (QED) is 0.725. The molecule has 4 rings (SSSR count). The zero-order valence-electron chi connectivity index (χ0n) is 15.3. The van der Waals surface area contributed by atoms with E-state index >= 15 is 0 Å². The molecule has 5 heteroatoms. The number of nitrogens with one attached hydrogen (secondary N) is 1. The summed E-state index contributed by atoms with van der Waals surface area (Å²) in [5.74, 6) is 0.297. The Balaban J connectivity index is 1.86. The van der Waals surface area contributed by atoms with Gasteiger partial charge in [0.25, 0.3) is 5.91 Å². The molecular formula is C22H21FN2O2. The fourth-order valence-electron chi connectivity index (χ4n) is 3.25. The Morgan fingerprint density at radius 2 is 1.85 bits per heavy atom. The number of benzene rings is 2. The lowest BCUT2D eigenvalue weighted by Crippen LogP contribution is -2.25. The van der Waals surface area contributed by atoms with Crippen molar-refractivity contribution < 1.29 is 13.9 Å². The Morgan fingerprint density at radius 1 is 1.15 bits per heavy atom. The molecule has 0 atom stereocenters. The Labute approximate surface area is 157 Å². The number of rotatable bonds is 5. The summed E-state index contributed by atoms with van der Waals surface area (Å²) in [4.78, 5) is 12.7. The third-order valence-corrected chi connectivity index (χ3v) is 4.88. The lowest BCUT2D eigenvalue weighted by atomic mass is 10.1. The summed E-state index contributed by atoms with van der Waals surface area (Å²) in [5, 5.41) is 3.02. The van der Waals surface area contributed by atoms with Gasteiger partial charge in [-0.25, -0.2) is 4.39 Å². The van der Waals surface area contributed by atoms with Crippen molar-refractivity contribution in [3.05, 3.63) is 71.7 Å². The molecule has 3 aromatic rings. The first-order chi connectivity index (χ1) is 13.1. The molecule has 0 spiro atoms. The molecule has 1 aliphatic rings. The van der Waals surface area contributed by atoms with Crippen molar-refractivity contribution in [1.29, 1.82) is 0 Å². The molecule has 1 fully saturated rings. The average Bonchev–Trinajstić information content (AvgIpc) is 3.43. The molecule has 0 unspecified atom stereocenters. The fourth-order valence-corrected chi connectivity index (χ4v) is 3.25. The standard InChI is InChI=1S/C22H21FN2O2/c1-14-18(22(26)24-16-9-10-16)13-21(15-7-11-17(27-2)12-8-15)25(14)20-6-4-3-5-19(20)23/h3-8,11-13,16H,9-10H2,1-2H3,(H,24,26). The molecule has 138 valence electrons. The number of carbonyl (C=O) groups excluding carboxylic acids is 1. The van der Waals surface area contributed by atoms with Crippen LogP contribution in [0.2, 0.25) is 0 Å². The number of ether oxygens (including phenoxy) is 1. The number of hydrogen-bond acceptors (Lipinski definition) is 2. The predicted octanol–water partition coefficient (Wildman–Crippen LogP) is 4.49. The van der Waals surface area contributed by atoms with Crippen LogP contribution in [0.1, 0.15) is 28.9 Å². The van der Waals surface area contributed by atoms with Gasteiger partial charge in [0.2, 0.25) is 0 Å². The average molecular weight is 364 g/mol. The number of nitrogens with zero attached hydrogens (tertiary/aromatic N) is 1. The maximum atomic E-state index is 14.6. The summed E-state index contributed by atoms with van der Waals surface area (Å²) in [6.07, 6.45) is 2.04. The van der Waals surface area contributed by atoms with Crippen LogP contribution in [0.5, 0.6) is 5.75 Å². The maximum Gasteiger partial charge on any atom is 0.253 e. The highest BCUT2D eigenvalue weighted by Crippen LogP contribution is 2.32. The van der Waals surface area contributed by atoms with Crippen LogP contribution in [-0.4, -0.2) is 23.6 Å².